The number of nitrogens with zero attached hydrogens (tertiary/aromatic N) is 3. The van der Waals surface area contributed by atoms with Crippen LogP contribution in [0.2, 0.25) is 0 Å². The Labute approximate surface area is 95.6 Å². The molecule has 5 nitrogen and oxygen atoms in total. The molecule has 0 spiro atoms. The molecule has 0 saturated carbocycles. The molecular weight excluding hydrogens is 204 g/mol. The van der Waals surface area contributed by atoms with E-state index in [0.717, 1.165) is 0 Å². The average molecular weight is 222 g/mol. The molecule has 0 atom stereocenters. The van der Waals surface area contributed by atoms with Gasteiger partial charge in [0.05, 0.1) is 0 Å². The Morgan fingerprint density at radius 3 is 2.62 bits per heavy atom. The summed E-state index contributed by atoms with van der Waals surface area (Å²) in [6.45, 7) is 10.1. The maximum absolute atomic E-state index is 11.8. The molecule has 0 bridgehead atoms. The van der Waals surface area contributed by atoms with Gasteiger partial charge in [0.1, 0.15) is 5.82 Å². The lowest BCUT2D eigenvalue weighted by atomic mass is 9.96. The summed E-state index contributed by atoms with van der Waals surface area (Å²) in [4.78, 5) is 17.5. The number of H-pyrrole nitrogens is 1. The summed E-state index contributed by atoms with van der Waals surface area (Å²) in [6, 6.07) is 0. The highest BCUT2D eigenvalue weighted by molar-refractivity contribution is 5.90. The highest BCUT2D eigenvalue weighted by Crippen LogP contribution is 2.17. The number of likely N-dealkylation sites (N-methyl/N-ethyl adjacent to an activating group) is 1. The molecule has 0 aliphatic heterocycles. The largest absolute Gasteiger partial charge is 0.335 e. The zero-order valence-corrected chi connectivity index (χ0v) is 10.2. The zero-order valence-electron chi connectivity index (χ0n) is 10.2. The molecule has 0 saturated heterocycles. The number of aromatic amines is 1. The topological polar surface area (TPSA) is 61.9 Å². The molecule has 0 aliphatic rings. The first-order chi connectivity index (χ1) is 7.36. The Hall–Kier alpha value is -1.65. The highest BCUT2D eigenvalue weighted by atomic mass is 16.2. The minimum atomic E-state index is -0.202. The zero-order chi connectivity index (χ0) is 12.3. The van der Waals surface area contributed by atoms with Crippen LogP contribution in [0, 0.1) is 0 Å². The van der Waals surface area contributed by atoms with Crippen LogP contribution < -0.4 is 0 Å². The van der Waals surface area contributed by atoms with Gasteiger partial charge in [0.15, 0.2) is 0 Å². The fourth-order valence-electron chi connectivity index (χ4n) is 1.14. The van der Waals surface area contributed by atoms with Gasteiger partial charge < -0.3 is 4.90 Å². The molecule has 0 radical (unpaired) electrons. The first kappa shape index (κ1) is 12.4. The molecule has 0 aromatic carbocycles. The summed E-state index contributed by atoms with van der Waals surface area (Å²) in [7, 11) is 1.69. The van der Waals surface area contributed by atoms with Crippen molar-refractivity contribution >= 4 is 5.91 Å². The van der Waals surface area contributed by atoms with Crippen molar-refractivity contribution in [1.29, 1.82) is 0 Å². The van der Waals surface area contributed by atoms with E-state index in [0.29, 0.717) is 12.4 Å². The maximum atomic E-state index is 11.8. The number of nitrogens with one attached hydrogen (secondary N) is 1. The van der Waals surface area contributed by atoms with Crippen molar-refractivity contribution in [2.24, 2.45) is 0 Å². The second kappa shape index (κ2) is 4.47. The Morgan fingerprint density at radius 2 is 2.19 bits per heavy atom. The van der Waals surface area contributed by atoms with Gasteiger partial charge in [-0.15, -0.1) is 11.7 Å². The predicted octanol–water partition coefficient (Wildman–Crippen LogP) is 1.36. The summed E-state index contributed by atoms with van der Waals surface area (Å²) in [5.41, 5.74) is -0.136. The molecule has 1 aromatic heterocycles. The Kier molecular flexibility index (Phi) is 3.47. The van der Waals surface area contributed by atoms with E-state index < -0.39 is 0 Å². The molecule has 88 valence electrons. The lowest BCUT2D eigenvalue weighted by Crippen LogP contribution is -2.27. The first-order valence-corrected chi connectivity index (χ1v) is 5.15. The number of aromatic nitrogens is 3. The molecule has 1 N–H and O–H groups in total. The molecule has 0 unspecified atom stereocenters. The van der Waals surface area contributed by atoms with Gasteiger partial charge in [0, 0.05) is 19.0 Å². The number of rotatable bonds is 3. The number of amides is 1. The van der Waals surface area contributed by atoms with Gasteiger partial charge in [0.2, 0.25) is 5.82 Å². The van der Waals surface area contributed by atoms with Gasteiger partial charge >= 0.3 is 0 Å². The summed E-state index contributed by atoms with van der Waals surface area (Å²) in [5.74, 6) is 0.712. The number of hydrogen-bond acceptors (Lipinski definition) is 3. The molecule has 1 heterocycles. The fourth-order valence-corrected chi connectivity index (χ4v) is 1.14. The third kappa shape index (κ3) is 2.68. The van der Waals surface area contributed by atoms with Crippen LogP contribution in [0.1, 0.15) is 37.2 Å². The van der Waals surface area contributed by atoms with Crippen LogP contribution >= 0.6 is 0 Å². The van der Waals surface area contributed by atoms with E-state index in [1.165, 1.54) is 4.90 Å². The van der Waals surface area contributed by atoms with Gasteiger partial charge in [0.25, 0.3) is 5.91 Å². The van der Waals surface area contributed by atoms with E-state index in [1.807, 2.05) is 20.8 Å². The van der Waals surface area contributed by atoms with Gasteiger partial charge in [-0.25, -0.2) is 4.98 Å². The normalized spacial score (nSPS) is 11.2. The van der Waals surface area contributed by atoms with Crippen LogP contribution in [-0.2, 0) is 5.41 Å². The van der Waals surface area contributed by atoms with Crippen molar-refractivity contribution in [2.75, 3.05) is 13.6 Å². The SMILES string of the molecule is C=CCN(C)C(=O)c1n[nH]c(C(C)(C)C)n1. The van der Waals surface area contributed by atoms with E-state index in [9.17, 15) is 4.79 Å². The summed E-state index contributed by atoms with van der Waals surface area (Å²) < 4.78 is 0. The molecular formula is C11H18N4O. The molecule has 1 aromatic rings. The van der Waals surface area contributed by atoms with Gasteiger partial charge in [-0.1, -0.05) is 26.8 Å². The standard InChI is InChI=1S/C11H18N4O/c1-6-7-15(5)9(16)8-12-10(14-13-8)11(2,3)4/h6H,1,7H2,2-5H3,(H,12,13,14). The minimum Gasteiger partial charge on any atom is -0.335 e. The van der Waals surface area contributed by atoms with E-state index in [4.69, 9.17) is 0 Å². The molecule has 1 rings (SSSR count). The quantitative estimate of drug-likeness (QED) is 0.785. The van der Waals surface area contributed by atoms with Gasteiger partial charge in [-0.3, -0.25) is 9.89 Å². The molecule has 0 aliphatic carbocycles. The first-order valence-electron chi connectivity index (χ1n) is 5.15. The van der Waals surface area contributed by atoms with Gasteiger partial charge in [-0.05, 0) is 0 Å². The third-order valence-corrected chi connectivity index (χ3v) is 2.14. The van der Waals surface area contributed by atoms with Crippen molar-refractivity contribution in [2.45, 2.75) is 26.2 Å². The third-order valence-electron chi connectivity index (χ3n) is 2.14. The molecule has 16 heavy (non-hydrogen) atoms. The van der Waals surface area contributed by atoms with Crippen LogP contribution in [0.5, 0.6) is 0 Å². The lowest BCUT2D eigenvalue weighted by molar-refractivity contribution is 0.0798. The molecule has 1 amide bonds. The van der Waals surface area contributed by atoms with Crippen molar-refractivity contribution < 1.29 is 4.79 Å². The molecule has 0 fully saturated rings. The highest BCUT2D eigenvalue weighted by Gasteiger charge is 2.22. The van der Waals surface area contributed by atoms with Crippen molar-refractivity contribution in [3.05, 3.63) is 24.3 Å². The van der Waals surface area contributed by atoms with E-state index >= 15 is 0 Å². The van der Waals surface area contributed by atoms with Crippen LogP contribution in [0.25, 0.3) is 0 Å². The lowest BCUT2D eigenvalue weighted by Gasteiger charge is -2.13. The maximum Gasteiger partial charge on any atom is 0.293 e. The van der Waals surface area contributed by atoms with E-state index in [1.54, 1.807) is 13.1 Å². The minimum absolute atomic E-state index is 0.136. The second-order valence-corrected chi connectivity index (χ2v) is 4.73. The van der Waals surface area contributed by atoms with Crippen molar-refractivity contribution in [1.82, 2.24) is 20.1 Å². The van der Waals surface area contributed by atoms with Crippen LogP contribution in [0.4, 0.5) is 0 Å². The van der Waals surface area contributed by atoms with Crippen LogP contribution in [-0.4, -0.2) is 39.6 Å². The summed E-state index contributed by atoms with van der Waals surface area (Å²) >= 11 is 0. The smallest absolute Gasteiger partial charge is 0.293 e. The average Bonchev–Trinajstić information content (AvgIpc) is 2.65. The predicted molar refractivity (Wildman–Crippen MR) is 62.2 cm³/mol. The van der Waals surface area contributed by atoms with E-state index in [-0.39, 0.29) is 17.1 Å². The summed E-state index contributed by atoms with van der Waals surface area (Å²) in [6.07, 6.45) is 1.66. The van der Waals surface area contributed by atoms with Crippen LogP contribution in [0.3, 0.4) is 0 Å². The monoisotopic (exact) mass is 222 g/mol. The number of carbonyl (C=O) groups is 1. The Balaban J connectivity index is 2.86. The molecule has 5 heteroatoms. The van der Waals surface area contributed by atoms with Crippen LogP contribution in [0.15, 0.2) is 12.7 Å². The summed E-state index contributed by atoms with van der Waals surface area (Å²) in [5, 5.41) is 6.71. The van der Waals surface area contributed by atoms with Gasteiger partial charge in [-0.2, -0.15) is 0 Å². The Morgan fingerprint density at radius 1 is 1.56 bits per heavy atom. The van der Waals surface area contributed by atoms with Crippen molar-refractivity contribution in [3.8, 4) is 0 Å². The number of carbonyl (C=O) groups excluding carboxylic acids is 1. The van der Waals surface area contributed by atoms with E-state index in [2.05, 4.69) is 21.8 Å². The van der Waals surface area contributed by atoms with Crippen molar-refractivity contribution in [3.63, 3.8) is 0 Å². The second-order valence-electron chi connectivity index (χ2n) is 4.73. The Bertz CT molecular complexity index is 389. The number of hydrogen-bond donors (Lipinski definition) is 1. The fraction of sp³-hybridized carbons (Fsp3) is 0.545.